The normalized spacial score (nSPS) is 12.7. The molecule has 3 N–H and O–H groups in total. The molecule has 0 saturated heterocycles. The smallest absolute Gasteiger partial charge is 0.276 e. The number of ether oxygens (including phenoxy) is 1. The molecule has 29 heavy (non-hydrogen) atoms. The Bertz CT molecular complexity index is 1040. The molecule has 1 aromatic heterocycles. The monoisotopic (exact) mass is 390 g/mol. The van der Waals surface area contributed by atoms with Gasteiger partial charge in [-0.2, -0.15) is 5.10 Å². The molecule has 0 radical (unpaired) electrons. The van der Waals surface area contributed by atoms with Gasteiger partial charge in [-0.05, 0) is 69.0 Å². The van der Waals surface area contributed by atoms with E-state index in [0.717, 1.165) is 47.5 Å². The van der Waals surface area contributed by atoms with Gasteiger partial charge in [-0.3, -0.25) is 4.79 Å². The van der Waals surface area contributed by atoms with Crippen LogP contribution < -0.4 is 15.8 Å². The number of aromatic nitrogens is 2. The molecule has 0 unspecified atom stereocenters. The minimum absolute atomic E-state index is 0.178. The Morgan fingerprint density at radius 2 is 1.97 bits per heavy atom. The number of fused-ring (bicyclic) bond motifs is 1. The summed E-state index contributed by atoms with van der Waals surface area (Å²) >= 11 is 0. The second kappa shape index (κ2) is 8.09. The highest BCUT2D eigenvalue weighted by atomic mass is 16.5. The minimum Gasteiger partial charge on any atom is -0.492 e. The second-order valence-electron chi connectivity index (χ2n) is 7.44. The summed E-state index contributed by atoms with van der Waals surface area (Å²) in [5, 5.41) is 7.68. The van der Waals surface area contributed by atoms with Crippen molar-refractivity contribution < 1.29 is 9.53 Å². The largest absolute Gasteiger partial charge is 0.492 e. The lowest BCUT2D eigenvalue weighted by Gasteiger charge is -2.10. The first kappa shape index (κ1) is 19.2. The third kappa shape index (κ3) is 3.89. The van der Waals surface area contributed by atoms with Crippen molar-refractivity contribution in [2.75, 3.05) is 18.5 Å². The number of amides is 1. The highest BCUT2D eigenvalue weighted by Gasteiger charge is 2.27. The molecule has 3 aromatic rings. The van der Waals surface area contributed by atoms with Gasteiger partial charge in [0.15, 0.2) is 5.69 Å². The fourth-order valence-corrected chi connectivity index (χ4v) is 3.86. The van der Waals surface area contributed by atoms with Crippen molar-refractivity contribution in [2.45, 2.75) is 33.1 Å². The van der Waals surface area contributed by atoms with Gasteiger partial charge in [-0.1, -0.05) is 17.7 Å². The zero-order chi connectivity index (χ0) is 20.4. The molecule has 0 saturated carbocycles. The summed E-state index contributed by atoms with van der Waals surface area (Å²) in [7, 11) is 0. The highest BCUT2D eigenvalue weighted by molar-refractivity contribution is 6.04. The van der Waals surface area contributed by atoms with Crippen LogP contribution in [0.25, 0.3) is 5.69 Å². The van der Waals surface area contributed by atoms with Crippen LogP contribution in [0.5, 0.6) is 5.75 Å². The fraction of sp³-hybridized carbons (Fsp3) is 0.304. The number of rotatable bonds is 6. The molecule has 0 atom stereocenters. The SMILES string of the molecule is Cc1ccc(-n2nc(C(=O)Nc3ccc(OCCN)cc3)c3c2CCC3)c(C)c1. The van der Waals surface area contributed by atoms with E-state index < -0.39 is 0 Å². The lowest BCUT2D eigenvalue weighted by atomic mass is 10.1. The summed E-state index contributed by atoms with van der Waals surface area (Å²) < 4.78 is 7.43. The Balaban J connectivity index is 1.59. The number of nitrogens with zero attached hydrogens (tertiary/aromatic N) is 2. The molecule has 4 rings (SSSR count). The van der Waals surface area contributed by atoms with Gasteiger partial charge >= 0.3 is 0 Å². The van der Waals surface area contributed by atoms with Crippen molar-refractivity contribution in [3.63, 3.8) is 0 Å². The van der Waals surface area contributed by atoms with Crippen LogP contribution in [0.2, 0.25) is 0 Å². The molecule has 1 aliphatic carbocycles. The second-order valence-corrected chi connectivity index (χ2v) is 7.44. The summed E-state index contributed by atoms with van der Waals surface area (Å²) in [4.78, 5) is 13.0. The van der Waals surface area contributed by atoms with Gasteiger partial charge < -0.3 is 15.8 Å². The third-order valence-corrected chi connectivity index (χ3v) is 5.22. The van der Waals surface area contributed by atoms with Crippen molar-refractivity contribution in [2.24, 2.45) is 5.73 Å². The van der Waals surface area contributed by atoms with E-state index in [-0.39, 0.29) is 5.91 Å². The number of hydrogen-bond acceptors (Lipinski definition) is 4. The van der Waals surface area contributed by atoms with Crippen molar-refractivity contribution in [1.82, 2.24) is 9.78 Å². The first-order valence-electron chi connectivity index (χ1n) is 9.99. The Hall–Kier alpha value is -3.12. The predicted molar refractivity (Wildman–Crippen MR) is 114 cm³/mol. The molecule has 0 bridgehead atoms. The summed E-state index contributed by atoms with van der Waals surface area (Å²) in [6, 6.07) is 13.6. The summed E-state index contributed by atoms with van der Waals surface area (Å²) in [6.07, 6.45) is 2.87. The first-order valence-corrected chi connectivity index (χ1v) is 9.99. The lowest BCUT2D eigenvalue weighted by Crippen LogP contribution is -2.15. The molecule has 0 fully saturated rings. The van der Waals surface area contributed by atoms with E-state index >= 15 is 0 Å². The molecule has 1 heterocycles. The minimum atomic E-state index is -0.178. The van der Waals surface area contributed by atoms with E-state index in [1.807, 2.05) is 28.9 Å². The van der Waals surface area contributed by atoms with Crippen LogP contribution in [0.1, 0.15) is 39.3 Å². The maximum Gasteiger partial charge on any atom is 0.276 e. The van der Waals surface area contributed by atoms with Gasteiger partial charge in [0.25, 0.3) is 5.91 Å². The molecule has 150 valence electrons. The summed E-state index contributed by atoms with van der Waals surface area (Å²) in [5.41, 5.74) is 12.3. The number of benzene rings is 2. The zero-order valence-electron chi connectivity index (χ0n) is 16.9. The van der Waals surface area contributed by atoms with Crippen molar-refractivity contribution >= 4 is 11.6 Å². The number of hydrogen-bond donors (Lipinski definition) is 2. The number of anilines is 1. The average Bonchev–Trinajstić information content (AvgIpc) is 3.30. The lowest BCUT2D eigenvalue weighted by molar-refractivity contribution is 0.102. The fourth-order valence-electron chi connectivity index (χ4n) is 3.86. The van der Waals surface area contributed by atoms with Crippen molar-refractivity contribution in [1.29, 1.82) is 0 Å². The first-order chi connectivity index (χ1) is 14.1. The Morgan fingerprint density at radius 3 is 2.69 bits per heavy atom. The maximum absolute atomic E-state index is 13.0. The summed E-state index contributed by atoms with van der Waals surface area (Å²) in [5.74, 6) is 0.552. The number of nitrogens with one attached hydrogen (secondary N) is 1. The van der Waals surface area contributed by atoms with E-state index in [1.165, 1.54) is 5.56 Å². The maximum atomic E-state index is 13.0. The van der Waals surface area contributed by atoms with Gasteiger partial charge in [-0.15, -0.1) is 0 Å². The Kier molecular flexibility index (Phi) is 5.36. The number of carbonyl (C=O) groups is 1. The topological polar surface area (TPSA) is 82.2 Å². The zero-order valence-corrected chi connectivity index (χ0v) is 16.9. The van der Waals surface area contributed by atoms with Crippen LogP contribution in [0.4, 0.5) is 5.69 Å². The number of nitrogens with two attached hydrogens (primary N) is 1. The van der Waals surface area contributed by atoms with Crippen molar-refractivity contribution in [3.05, 3.63) is 70.5 Å². The van der Waals surface area contributed by atoms with E-state index in [0.29, 0.717) is 24.5 Å². The van der Waals surface area contributed by atoms with E-state index in [9.17, 15) is 4.79 Å². The number of aryl methyl sites for hydroxylation is 2. The van der Waals surface area contributed by atoms with Gasteiger partial charge in [0.1, 0.15) is 12.4 Å². The molecule has 0 aliphatic heterocycles. The Morgan fingerprint density at radius 1 is 1.17 bits per heavy atom. The van der Waals surface area contributed by atoms with Crippen LogP contribution in [-0.2, 0) is 12.8 Å². The van der Waals surface area contributed by atoms with Crippen LogP contribution >= 0.6 is 0 Å². The summed E-state index contributed by atoms with van der Waals surface area (Å²) in [6.45, 7) is 5.09. The number of carbonyl (C=O) groups excluding carboxylic acids is 1. The van der Waals surface area contributed by atoms with E-state index in [2.05, 4.69) is 37.4 Å². The molecule has 1 amide bonds. The van der Waals surface area contributed by atoms with Crippen molar-refractivity contribution in [3.8, 4) is 11.4 Å². The van der Waals surface area contributed by atoms with Gasteiger partial charge in [0.05, 0.1) is 5.69 Å². The third-order valence-electron chi connectivity index (χ3n) is 5.22. The highest BCUT2D eigenvalue weighted by Crippen LogP contribution is 2.29. The molecule has 2 aromatic carbocycles. The van der Waals surface area contributed by atoms with E-state index in [1.54, 1.807) is 0 Å². The molecule has 0 spiro atoms. The van der Waals surface area contributed by atoms with Crippen LogP contribution in [0.15, 0.2) is 42.5 Å². The van der Waals surface area contributed by atoms with Crippen LogP contribution in [-0.4, -0.2) is 28.8 Å². The average molecular weight is 390 g/mol. The van der Waals surface area contributed by atoms with Gasteiger partial charge in [0, 0.05) is 23.5 Å². The van der Waals surface area contributed by atoms with Crippen LogP contribution in [0, 0.1) is 13.8 Å². The van der Waals surface area contributed by atoms with Gasteiger partial charge in [-0.25, -0.2) is 4.68 Å². The van der Waals surface area contributed by atoms with Crippen LogP contribution in [0.3, 0.4) is 0 Å². The van der Waals surface area contributed by atoms with Gasteiger partial charge in [0.2, 0.25) is 0 Å². The quantitative estimate of drug-likeness (QED) is 0.674. The standard InChI is InChI=1S/C23H26N4O2/c1-15-6-11-20(16(2)14-15)27-21-5-3-4-19(21)22(26-27)23(28)25-17-7-9-18(10-8-17)29-13-12-24/h6-11,14H,3-5,12-13,24H2,1-2H3,(H,25,28). The predicted octanol–water partition coefficient (Wildman–Crippen LogP) is 3.57. The molecular weight excluding hydrogens is 364 g/mol. The molecule has 6 nitrogen and oxygen atoms in total. The molecule has 1 aliphatic rings. The molecule has 6 heteroatoms. The Labute approximate surface area is 170 Å². The van der Waals surface area contributed by atoms with E-state index in [4.69, 9.17) is 15.6 Å². The molecular formula is C23H26N4O2.